The molecule has 1 heterocycles. The van der Waals surface area contributed by atoms with Crippen LogP contribution in [0.25, 0.3) is 0 Å². The quantitative estimate of drug-likeness (QED) is 0.636. The van der Waals surface area contributed by atoms with E-state index < -0.39 is 0 Å². The van der Waals surface area contributed by atoms with Crippen LogP contribution in [-0.4, -0.2) is 24.0 Å². The van der Waals surface area contributed by atoms with Crippen molar-refractivity contribution in [3.8, 4) is 0 Å². The number of rotatable bonds is 6. The summed E-state index contributed by atoms with van der Waals surface area (Å²) < 4.78 is 0. The zero-order valence-electron chi connectivity index (χ0n) is 11.8. The van der Waals surface area contributed by atoms with Crippen LogP contribution in [0.3, 0.4) is 0 Å². The Morgan fingerprint density at radius 3 is 2.67 bits per heavy atom. The summed E-state index contributed by atoms with van der Waals surface area (Å²) in [6, 6.07) is 13.7. The largest absolute Gasteiger partial charge is 0.370 e. The summed E-state index contributed by atoms with van der Waals surface area (Å²) in [4.78, 5) is 8.53. The molecule has 0 unspecified atom stereocenters. The number of nitrogens with two attached hydrogens (primary N) is 1. The Balaban J connectivity index is 1.68. The van der Waals surface area contributed by atoms with E-state index in [1.165, 1.54) is 5.56 Å². The topological polar surface area (TPSA) is 63.3 Å². The molecule has 0 saturated carbocycles. The Morgan fingerprint density at radius 2 is 1.95 bits per heavy atom. The number of aliphatic imine (C=N–C) groups is 1. The molecule has 1 aromatic heterocycles. The zero-order valence-corrected chi connectivity index (χ0v) is 12.6. The number of hydrogen-bond acceptors (Lipinski definition) is 2. The highest BCUT2D eigenvalue weighted by atomic mass is 35.5. The van der Waals surface area contributed by atoms with Gasteiger partial charge >= 0.3 is 0 Å². The smallest absolute Gasteiger partial charge is 0.188 e. The minimum atomic E-state index is 0.472. The van der Waals surface area contributed by atoms with Crippen LogP contribution in [0.5, 0.6) is 0 Å². The van der Waals surface area contributed by atoms with Crippen molar-refractivity contribution < 1.29 is 0 Å². The number of nitrogens with zero attached hydrogens (tertiary/aromatic N) is 2. The average molecular weight is 303 g/mol. The SMILES string of the molecule is NC(=NCCc1ccccn1)NCCc1ccc(Cl)cc1. The second kappa shape index (κ2) is 8.27. The molecule has 1 aromatic carbocycles. The molecule has 3 N–H and O–H groups in total. The second-order valence-corrected chi connectivity index (χ2v) is 5.08. The molecular weight excluding hydrogens is 284 g/mol. The van der Waals surface area contributed by atoms with Gasteiger partial charge in [-0.25, -0.2) is 0 Å². The molecule has 21 heavy (non-hydrogen) atoms. The molecule has 0 amide bonds. The standard InChI is InChI=1S/C16H19ClN4/c17-14-6-4-13(5-7-14)8-11-20-16(18)21-12-9-15-3-1-2-10-19-15/h1-7,10H,8-9,11-12H2,(H3,18,20,21). The highest BCUT2D eigenvalue weighted by Crippen LogP contribution is 2.09. The van der Waals surface area contributed by atoms with Gasteiger partial charge in [-0.3, -0.25) is 9.98 Å². The molecule has 0 atom stereocenters. The van der Waals surface area contributed by atoms with Crippen LogP contribution in [0.15, 0.2) is 53.7 Å². The van der Waals surface area contributed by atoms with Crippen LogP contribution in [0.1, 0.15) is 11.3 Å². The normalized spacial score (nSPS) is 11.4. The summed E-state index contributed by atoms with van der Waals surface area (Å²) in [6.07, 6.45) is 3.46. The second-order valence-electron chi connectivity index (χ2n) is 4.64. The number of guanidine groups is 1. The number of benzene rings is 1. The molecule has 0 bridgehead atoms. The highest BCUT2D eigenvalue weighted by Gasteiger charge is 1.96. The van der Waals surface area contributed by atoms with Gasteiger partial charge in [0.1, 0.15) is 0 Å². The zero-order chi connectivity index (χ0) is 14.9. The maximum absolute atomic E-state index is 5.84. The van der Waals surface area contributed by atoms with Crippen molar-refractivity contribution >= 4 is 17.6 Å². The van der Waals surface area contributed by atoms with E-state index in [1.807, 2.05) is 42.5 Å². The van der Waals surface area contributed by atoms with Gasteiger partial charge in [-0.15, -0.1) is 0 Å². The fourth-order valence-electron chi connectivity index (χ4n) is 1.88. The van der Waals surface area contributed by atoms with Crippen LogP contribution in [0, 0.1) is 0 Å². The summed E-state index contributed by atoms with van der Waals surface area (Å²) in [7, 11) is 0. The average Bonchev–Trinajstić information content (AvgIpc) is 2.50. The monoisotopic (exact) mass is 302 g/mol. The fourth-order valence-corrected chi connectivity index (χ4v) is 2.00. The van der Waals surface area contributed by atoms with E-state index in [0.29, 0.717) is 12.5 Å². The Morgan fingerprint density at radius 1 is 1.14 bits per heavy atom. The first kappa shape index (κ1) is 15.3. The van der Waals surface area contributed by atoms with Gasteiger partial charge in [0.15, 0.2) is 5.96 Å². The van der Waals surface area contributed by atoms with Gasteiger partial charge in [-0.2, -0.15) is 0 Å². The third kappa shape index (κ3) is 5.83. The van der Waals surface area contributed by atoms with Crippen LogP contribution >= 0.6 is 11.6 Å². The van der Waals surface area contributed by atoms with Crippen molar-refractivity contribution in [2.45, 2.75) is 12.8 Å². The lowest BCUT2D eigenvalue weighted by molar-refractivity contribution is 0.840. The number of halogens is 1. The number of aromatic nitrogens is 1. The van der Waals surface area contributed by atoms with Crippen LogP contribution in [0.2, 0.25) is 5.02 Å². The lowest BCUT2D eigenvalue weighted by Gasteiger charge is -2.06. The molecule has 2 rings (SSSR count). The molecule has 0 spiro atoms. The molecule has 4 nitrogen and oxygen atoms in total. The van der Waals surface area contributed by atoms with Gasteiger partial charge in [-0.05, 0) is 36.2 Å². The van der Waals surface area contributed by atoms with Gasteiger partial charge < -0.3 is 11.1 Å². The van der Waals surface area contributed by atoms with E-state index in [0.717, 1.165) is 30.1 Å². The van der Waals surface area contributed by atoms with Crippen LogP contribution in [0.4, 0.5) is 0 Å². The summed E-state index contributed by atoms with van der Waals surface area (Å²) in [6.45, 7) is 1.39. The van der Waals surface area contributed by atoms with Crippen molar-refractivity contribution in [3.05, 3.63) is 64.9 Å². The van der Waals surface area contributed by atoms with E-state index >= 15 is 0 Å². The minimum absolute atomic E-state index is 0.472. The van der Waals surface area contributed by atoms with Gasteiger partial charge in [0, 0.05) is 36.4 Å². The van der Waals surface area contributed by atoms with E-state index in [-0.39, 0.29) is 0 Å². The summed E-state index contributed by atoms with van der Waals surface area (Å²) >= 11 is 5.84. The Hall–Kier alpha value is -2.07. The summed E-state index contributed by atoms with van der Waals surface area (Å²) in [5.41, 5.74) is 8.06. The molecule has 110 valence electrons. The third-order valence-corrected chi connectivity index (χ3v) is 3.26. The van der Waals surface area contributed by atoms with E-state index in [2.05, 4.69) is 15.3 Å². The molecule has 0 aliphatic heterocycles. The van der Waals surface area contributed by atoms with Gasteiger partial charge in [0.05, 0.1) is 0 Å². The molecule has 0 radical (unpaired) electrons. The van der Waals surface area contributed by atoms with Crippen molar-refractivity contribution in [2.75, 3.05) is 13.1 Å². The van der Waals surface area contributed by atoms with Gasteiger partial charge in [-0.1, -0.05) is 29.8 Å². The molecule has 2 aromatic rings. The summed E-state index contributed by atoms with van der Waals surface area (Å²) in [5.74, 6) is 0.472. The van der Waals surface area contributed by atoms with E-state index in [9.17, 15) is 0 Å². The van der Waals surface area contributed by atoms with Crippen molar-refractivity contribution in [1.82, 2.24) is 10.3 Å². The molecule has 0 saturated heterocycles. The van der Waals surface area contributed by atoms with E-state index in [4.69, 9.17) is 17.3 Å². The maximum Gasteiger partial charge on any atom is 0.188 e. The molecular formula is C16H19ClN4. The number of nitrogens with one attached hydrogen (secondary N) is 1. The predicted octanol–water partition coefficient (Wildman–Crippen LogP) is 2.42. The third-order valence-electron chi connectivity index (χ3n) is 3.01. The molecule has 0 fully saturated rings. The maximum atomic E-state index is 5.84. The Labute approximate surface area is 130 Å². The van der Waals surface area contributed by atoms with Crippen molar-refractivity contribution in [1.29, 1.82) is 0 Å². The first-order chi connectivity index (χ1) is 10.2. The molecule has 0 aliphatic rings. The van der Waals surface area contributed by atoms with Gasteiger partial charge in [0.2, 0.25) is 0 Å². The summed E-state index contributed by atoms with van der Waals surface area (Å²) in [5, 5.41) is 3.86. The molecule has 0 aliphatic carbocycles. The lowest BCUT2D eigenvalue weighted by atomic mass is 10.1. The Bertz CT molecular complexity index is 567. The Kier molecular flexibility index (Phi) is 6.03. The van der Waals surface area contributed by atoms with Crippen molar-refractivity contribution in [3.63, 3.8) is 0 Å². The van der Waals surface area contributed by atoms with Crippen LogP contribution in [-0.2, 0) is 12.8 Å². The van der Waals surface area contributed by atoms with Crippen molar-refractivity contribution in [2.24, 2.45) is 10.7 Å². The fraction of sp³-hybridized carbons (Fsp3) is 0.250. The number of hydrogen-bond donors (Lipinski definition) is 2. The first-order valence-electron chi connectivity index (χ1n) is 6.92. The highest BCUT2D eigenvalue weighted by molar-refractivity contribution is 6.30. The van der Waals surface area contributed by atoms with Crippen LogP contribution < -0.4 is 11.1 Å². The van der Waals surface area contributed by atoms with E-state index in [1.54, 1.807) is 6.20 Å². The first-order valence-corrected chi connectivity index (χ1v) is 7.30. The number of pyridine rings is 1. The van der Waals surface area contributed by atoms with Gasteiger partial charge in [0.25, 0.3) is 0 Å². The minimum Gasteiger partial charge on any atom is -0.370 e. The lowest BCUT2D eigenvalue weighted by Crippen LogP contribution is -2.33. The predicted molar refractivity (Wildman–Crippen MR) is 87.6 cm³/mol. The molecule has 5 heteroatoms.